The van der Waals surface area contributed by atoms with E-state index in [0.29, 0.717) is 24.0 Å². The summed E-state index contributed by atoms with van der Waals surface area (Å²) in [5.74, 6) is 5.59. The molecular weight excluding hydrogens is 264 g/mol. The molecule has 1 aromatic rings. The molecule has 1 atom stereocenters. The maximum atomic E-state index is 11.6. The number of esters is 1. The lowest BCUT2D eigenvalue weighted by Crippen LogP contribution is -2.05. The Morgan fingerprint density at radius 1 is 1.43 bits per heavy atom. The maximum Gasteiger partial charge on any atom is 0.339 e. The van der Waals surface area contributed by atoms with E-state index in [0.717, 1.165) is 19.3 Å². The van der Waals surface area contributed by atoms with Crippen molar-refractivity contribution >= 4 is 5.97 Å². The largest absolute Gasteiger partial charge is 0.465 e. The summed E-state index contributed by atoms with van der Waals surface area (Å²) >= 11 is 0. The second-order valence-corrected chi connectivity index (χ2v) is 4.75. The molecule has 21 heavy (non-hydrogen) atoms. The predicted molar refractivity (Wildman–Crippen MR) is 83.9 cm³/mol. The fourth-order valence-electron chi connectivity index (χ4n) is 1.92. The highest BCUT2D eigenvalue weighted by atomic mass is 16.5. The summed E-state index contributed by atoms with van der Waals surface area (Å²) in [7, 11) is 1.35. The molecule has 1 rings (SSSR count). The van der Waals surface area contributed by atoms with Crippen molar-refractivity contribution in [1.29, 1.82) is 0 Å². The molecule has 0 spiro atoms. The summed E-state index contributed by atoms with van der Waals surface area (Å²) in [6.45, 7) is 3.65. The van der Waals surface area contributed by atoms with Gasteiger partial charge in [0.1, 0.15) is 0 Å². The molecule has 0 aliphatic carbocycles. The number of aliphatic hydroxyl groups is 1. The minimum Gasteiger partial charge on any atom is -0.465 e. The van der Waals surface area contributed by atoms with Gasteiger partial charge in [-0.2, -0.15) is 0 Å². The van der Waals surface area contributed by atoms with E-state index < -0.39 is 0 Å². The molecule has 0 amide bonds. The summed E-state index contributed by atoms with van der Waals surface area (Å²) in [5.41, 5.74) is 1.13. The fraction of sp³-hybridized carbons (Fsp3) is 0.389. The van der Waals surface area contributed by atoms with Crippen molar-refractivity contribution in [2.75, 3.05) is 7.11 Å². The lowest BCUT2D eigenvalue weighted by Gasteiger charge is -2.06. The van der Waals surface area contributed by atoms with Crippen molar-refractivity contribution < 1.29 is 14.6 Å². The third-order valence-corrected chi connectivity index (χ3v) is 3.10. The van der Waals surface area contributed by atoms with E-state index in [-0.39, 0.29) is 12.1 Å². The van der Waals surface area contributed by atoms with E-state index in [1.807, 2.05) is 12.1 Å². The molecule has 0 aliphatic rings. The number of unbranched alkanes of at least 4 members (excludes halogenated alkanes) is 1. The number of allylic oxidation sites excluding steroid dienone is 1. The molecule has 112 valence electrons. The van der Waals surface area contributed by atoms with Gasteiger partial charge < -0.3 is 9.84 Å². The van der Waals surface area contributed by atoms with Gasteiger partial charge in [-0.25, -0.2) is 4.79 Å². The molecule has 3 nitrogen and oxygen atoms in total. The van der Waals surface area contributed by atoms with Crippen LogP contribution in [-0.2, 0) is 4.74 Å². The quantitative estimate of drug-likeness (QED) is 0.362. The van der Waals surface area contributed by atoms with Crippen LogP contribution in [0.4, 0.5) is 0 Å². The number of hydrogen-bond donors (Lipinski definition) is 1. The van der Waals surface area contributed by atoms with Crippen molar-refractivity contribution in [1.82, 2.24) is 0 Å². The molecule has 3 heteroatoms. The summed E-state index contributed by atoms with van der Waals surface area (Å²) < 4.78 is 4.72. The monoisotopic (exact) mass is 286 g/mol. The zero-order valence-electron chi connectivity index (χ0n) is 12.5. The van der Waals surface area contributed by atoms with E-state index in [1.54, 1.807) is 18.2 Å². The highest BCUT2D eigenvalue weighted by molar-refractivity contribution is 5.92. The molecule has 0 saturated heterocycles. The zero-order chi connectivity index (χ0) is 15.5. The van der Waals surface area contributed by atoms with Gasteiger partial charge in [-0.3, -0.25) is 0 Å². The number of ether oxygens (including phenoxy) is 1. The van der Waals surface area contributed by atoms with Gasteiger partial charge in [-0.15, -0.1) is 6.58 Å². The molecule has 0 radical (unpaired) electrons. The van der Waals surface area contributed by atoms with Crippen LogP contribution in [0.1, 0.15) is 48.0 Å². The Kier molecular flexibility index (Phi) is 7.93. The first-order valence-corrected chi connectivity index (χ1v) is 7.14. The zero-order valence-corrected chi connectivity index (χ0v) is 12.5. The second-order valence-electron chi connectivity index (χ2n) is 4.75. The lowest BCUT2D eigenvalue weighted by atomic mass is 10.1. The van der Waals surface area contributed by atoms with Crippen LogP contribution >= 0.6 is 0 Å². The van der Waals surface area contributed by atoms with Crippen molar-refractivity contribution in [3.05, 3.63) is 48.0 Å². The molecule has 0 aliphatic heterocycles. The third-order valence-electron chi connectivity index (χ3n) is 3.10. The molecule has 1 unspecified atom stereocenters. The summed E-state index contributed by atoms with van der Waals surface area (Å²) in [6.07, 6.45) is 5.42. The fourth-order valence-corrected chi connectivity index (χ4v) is 1.92. The Labute approximate surface area is 126 Å². The molecule has 0 heterocycles. The standard InChI is InChI=1S/C18H22O3/c1-3-4-5-12-16(19)13-8-6-10-15-11-7-9-14-17(15)18(20)21-2/h3,7,9,11,14,16,19H,1,4-5,8,12-13H2,2H3. The number of hydrogen-bond acceptors (Lipinski definition) is 3. The van der Waals surface area contributed by atoms with Crippen LogP contribution < -0.4 is 0 Å². The minimum atomic E-state index is -0.385. The second kappa shape index (κ2) is 9.79. The topological polar surface area (TPSA) is 46.5 Å². The predicted octanol–water partition coefficient (Wildman–Crippen LogP) is 3.32. The van der Waals surface area contributed by atoms with Gasteiger partial charge in [0.25, 0.3) is 0 Å². The maximum absolute atomic E-state index is 11.6. The van der Waals surface area contributed by atoms with E-state index in [2.05, 4.69) is 18.4 Å². The van der Waals surface area contributed by atoms with Gasteiger partial charge in [-0.05, 0) is 37.8 Å². The number of benzene rings is 1. The normalized spacial score (nSPS) is 11.1. The summed E-state index contributed by atoms with van der Waals surface area (Å²) in [4.78, 5) is 11.6. The van der Waals surface area contributed by atoms with E-state index >= 15 is 0 Å². The van der Waals surface area contributed by atoms with Crippen molar-refractivity contribution in [2.24, 2.45) is 0 Å². The number of rotatable bonds is 7. The Balaban J connectivity index is 2.52. The minimum absolute atomic E-state index is 0.324. The third kappa shape index (κ3) is 6.29. The average molecular weight is 286 g/mol. The van der Waals surface area contributed by atoms with Crippen LogP contribution in [-0.4, -0.2) is 24.3 Å². The molecular formula is C18H22O3. The van der Waals surface area contributed by atoms with Crippen LogP contribution in [0.2, 0.25) is 0 Å². The van der Waals surface area contributed by atoms with Crippen molar-refractivity contribution in [3.8, 4) is 11.8 Å². The molecule has 0 aromatic heterocycles. The molecule has 0 saturated carbocycles. The molecule has 0 bridgehead atoms. The average Bonchev–Trinajstić information content (AvgIpc) is 2.51. The number of aliphatic hydroxyl groups excluding tert-OH is 1. The highest BCUT2D eigenvalue weighted by Crippen LogP contribution is 2.10. The summed E-state index contributed by atoms with van der Waals surface area (Å²) in [5, 5.41) is 9.78. The number of carbonyl (C=O) groups is 1. The number of methoxy groups -OCH3 is 1. The van der Waals surface area contributed by atoms with E-state index in [9.17, 15) is 9.90 Å². The smallest absolute Gasteiger partial charge is 0.339 e. The van der Waals surface area contributed by atoms with Gasteiger partial charge >= 0.3 is 5.97 Å². The highest BCUT2D eigenvalue weighted by Gasteiger charge is 2.08. The van der Waals surface area contributed by atoms with Crippen LogP contribution in [0, 0.1) is 11.8 Å². The van der Waals surface area contributed by atoms with E-state index in [1.165, 1.54) is 7.11 Å². The van der Waals surface area contributed by atoms with Crippen LogP contribution in [0.25, 0.3) is 0 Å². The van der Waals surface area contributed by atoms with Crippen molar-refractivity contribution in [3.63, 3.8) is 0 Å². The van der Waals surface area contributed by atoms with Gasteiger partial charge in [0.15, 0.2) is 0 Å². The van der Waals surface area contributed by atoms with Crippen molar-refractivity contribution in [2.45, 2.75) is 38.2 Å². The first-order valence-electron chi connectivity index (χ1n) is 7.14. The summed E-state index contributed by atoms with van der Waals surface area (Å²) in [6, 6.07) is 7.10. The number of carbonyl (C=O) groups excluding carboxylic acids is 1. The van der Waals surface area contributed by atoms with Gasteiger partial charge in [0.05, 0.1) is 18.8 Å². The van der Waals surface area contributed by atoms with Crippen LogP contribution in [0.15, 0.2) is 36.9 Å². The Bertz CT molecular complexity index is 523. The Morgan fingerprint density at radius 3 is 2.90 bits per heavy atom. The first kappa shape index (κ1) is 17.0. The van der Waals surface area contributed by atoms with Gasteiger partial charge in [-0.1, -0.05) is 30.0 Å². The Hall–Kier alpha value is -2.05. The van der Waals surface area contributed by atoms with Crippen LogP contribution in [0.3, 0.4) is 0 Å². The first-order chi connectivity index (χ1) is 10.2. The van der Waals surface area contributed by atoms with Gasteiger partial charge in [0, 0.05) is 12.0 Å². The van der Waals surface area contributed by atoms with Gasteiger partial charge in [0.2, 0.25) is 0 Å². The molecule has 1 aromatic carbocycles. The Morgan fingerprint density at radius 2 is 2.19 bits per heavy atom. The lowest BCUT2D eigenvalue weighted by molar-refractivity contribution is 0.0600. The molecule has 0 fully saturated rings. The van der Waals surface area contributed by atoms with Crippen LogP contribution in [0.5, 0.6) is 0 Å². The van der Waals surface area contributed by atoms with E-state index in [4.69, 9.17) is 4.74 Å². The SMILES string of the molecule is C=CCCCC(O)CCC#Cc1ccccc1C(=O)OC. The molecule has 1 N–H and O–H groups in total.